The van der Waals surface area contributed by atoms with Gasteiger partial charge < -0.3 is 19.5 Å². The van der Waals surface area contributed by atoms with Gasteiger partial charge in [0.2, 0.25) is 0 Å². The highest BCUT2D eigenvalue weighted by atomic mass is 16.6. The molecule has 1 fully saturated rings. The maximum atomic E-state index is 12.1. The number of nitrogens with zero attached hydrogens (tertiary/aromatic N) is 1. The summed E-state index contributed by atoms with van der Waals surface area (Å²) in [7, 11) is 0. The molecule has 126 valence electrons. The zero-order valence-corrected chi connectivity index (χ0v) is 13.3. The van der Waals surface area contributed by atoms with Gasteiger partial charge in [0.25, 0.3) is 0 Å². The van der Waals surface area contributed by atoms with Crippen LogP contribution in [0.4, 0.5) is 4.79 Å². The van der Waals surface area contributed by atoms with E-state index in [-0.39, 0.29) is 13.2 Å². The van der Waals surface area contributed by atoms with Gasteiger partial charge in [-0.1, -0.05) is 30.3 Å². The summed E-state index contributed by atoms with van der Waals surface area (Å²) in [6.45, 7) is 2.96. The van der Waals surface area contributed by atoms with Gasteiger partial charge in [-0.2, -0.15) is 0 Å². The van der Waals surface area contributed by atoms with E-state index in [4.69, 9.17) is 9.47 Å². The van der Waals surface area contributed by atoms with Gasteiger partial charge in [0.05, 0.1) is 18.6 Å². The third-order valence-corrected chi connectivity index (χ3v) is 3.92. The Morgan fingerprint density at radius 2 is 1.87 bits per heavy atom. The molecule has 2 rings (SSSR count). The molecule has 23 heavy (non-hydrogen) atoms. The van der Waals surface area contributed by atoms with Crippen LogP contribution in [0.25, 0.3) is 0 Å². The average Bonchev–Trinajstić information content (AvgIpc) is 2.76. The monoisotopic (exact) mass is 321 g/mol. The molecule has 1 aromatic rings. The predicted octanol–water partition coefficient (Wildman–Crippen LogP) is 1.96. The number of aliphatic hydroxyl groups is 1. The number of hydrogen-bond donors (Lipinski definition) is 1. The summed E-state index contributed by atoms with van der Waals surface area (Å²) < 4.78 is 10.3. The summed E-state index contributed by atoms with van der Waals surface area (Å²) in [5.74, 6) is -0.985. The smallest absolute Gasteiger partial charge is 0.410 e. The van der Waals surface area contributed by atoms with E-state index in [1.807, 2.05) is 30.3 Å². The Balaban J connectivity index is 1.86. The molecule has 0 saturated carbocycles. The molecule has 1 aliphatic heterocycles. The summed E-state index contributed by atoms with van der Waals surface area (Å²) >= 11 is 0. The first-order chi connectivity index (χ1) is 11.1. The van der Waals surface area contributed by atoms with E-state index in [2.05, 4.69) is 0 Å². The number of likely N-dealkylation sites (tertiary alicyclic amines) is 1. The molecule has 0 spiro atoms. The van der Waals surface area contributed by atoms with Gasteiger partial charge in [0.1, 0.15) is 6.61 Å². The van der Waals surface area contributed by atoms with E-state index in [9.17, 15) is 14.7 Å². The fraction of sp³-hybridized carbons (Fsp3) is 0.529. The van der Waals surface area contributed by atoms with Crippen LogP contribution in [-0.4, -0.2) is 47.9 Å². The van der Waals surface area contributed by atoms with Gasteiger partial charge >= 0.3 is 12.1 Å². The second kappa shape index (κ2) is 8.53. The molecule has 1 saturated heterocycles. The summed E-state index contributed by atoms with van der Waals surface area (Å²) in [4.78, 5) is 25.5. The van der Waals surface area contributed by atoms with Crippen LogP contribution >= 0.6 is 0 Å². The first kappa shape index (κ1) is 17.3. The number of aliphatic hydroxyl groups excluding tert-OH is 1. The lowest BCUT2D eigenvalue weighted by atomic mass is 9.98. The number of ether oxygens (including phenoxy) is 2. The van der Waals surface area contributed by atoms with Crippen molar-refractivity contribution in [3.63, 3.8) is 0 Å². The standard InChI is InChI=1S/C17H23NO5/c1-2-22-16(20)14-8-10-18(11-9-15(14)19)17(21)23-12-13-6-4-3-5-7-13/h3-7,14-15,19H,2,8-12H2,1H3/t14-,15+/m1/s1. The van der Waals surface area contributed by atoms with Gasteiger partial charge in [-0.25, -0.2) is 4.79 Å². The first-order valence-electron chi connectivity index (χ1n) is 7.92. The van der Waals surface area contributed by atoms with Crippen molar-refractivity contribution in [3.8, 4) is 0 Å². The molecule has 6 heteroatoms. The topological polar surface area (TPSA) is 76.1 Å². The predicted molar refractivity (Wildman–Crippen MR) is 83.6 cm³/mol. The first-order valence-corrected chi connectivity index (χ1v) is 7.92. The number of amides is 1. The van der Waals surface area contributed by atoms with Crippen molar-refractivity contribution < 1.29 is 24.2 Å². The molecule has 1 aromatic carbocycles. The molecule has 1 amide bonds. The van der Waals surface area contributed by atoms with Crippen molar-refractivity contribution in [1.82, 2.24) is 4.90 Å². The highest BCUT2D eigenvalue weighted by molar-refractivity contribution is 5.73. The SMILES string of the molecule is CCOC(=O)[C@@H]1CCN(C(=O)OCc2ccccc2)CC[C@@H]1O. The second-order valence-corrected chi connectivity index (χ2v) is 5.53. The van der Waals surface area contributed by atoms with Crippen LogP contribution in [0, 0.1) is 5.92 Å². The molecule has 2 atom stereocenters. The fourth-order valence-electron chi connectivity index (χ4n) is 2.61. The van der Waals surface area contributed by atoms with Crippen LogP contribution in [-0.2, 0) is 20.9 Å². The number of rotatable bonds is 4. The maximum absolute atomic E-state index is 12.1. The molecule has 0 aromatic heterocycles. The Hall–Kier alpha value is -2.08. The highest BCUT2D eigenvalue weighted by Gasteiger charge is 2.33. The van der Waals surface area contributed by atoms with Crippen molar-refractivity contribution >= 4 is 12.1 Å². The molecule has 0 unspecified atom stereocenters. The zero-order chi connectivity index (χ0) is 16.7. The van der Waals surface area contributed by atoms with E-state index in [1.165, 1.54) is 4.90 Å². The Kier molecular flexibility index (Phi) is 6.40. The Bertz CT molecular complexity index is 519. The summed E-state index contributed by atoms with van der Waals surface area (Å²) in [6, 6.07) is 9.44. The molecule has 1 N–H and O–H groups in total. The fourth-order valence-corrected chi connectivity index (χ4v) is 2.61. The summed E-state index contributed by atoms with van der Waals surface area (Å²) in [5.41, 5.74) is 0.917. The highest BCUT2D eigenvalue weighted by Crippen LogP contribution is 2.20. The molecular weight excluding hydrogens is 298 g/mol. The molecule has 0 aliphatic carbocycles. The summed E-state index contributed by atoms with van der Waals surface area (Å²) in [5, 5.41) is 10.1. The zero-order valence-electron chi connectivity index (χ0n) is 13.3. The van der Waals surface area contributed by atoms with Gasteiger partial charge in [0, 0.05) is 13.1 Å². The van der Waals surface area contributed by atoms with Crippen molar-refractivity contribution in [2.45, 2.75) is 32.5 Å². The van der Waals surface area contributed by atoms with Gasteiger partial charge in [-0.15, -0.1) is 0 Å². The average molecular weight is 321 g/mol. The number of hydrogen-bond acceptors (Lipinski definition) is 5. The number of benzene rings is 1. The number of esters is 1. The quantitative estimate of drug-likeness (QED) is 0.858. The molecule has 0 bridgehead atoms. The largest absolute Gasteiger partial charge is 0.466 e. The van der Waals surface area contributed by atoms with E-state index in [1.54, 1.807) is 6.92 Å². The van der Waals surface area contributed by atoms with Crippen LogP contribution in [0.5, 0.6) is 0 Å². The van der Waals surface area contributed by atoms with Gasteiger partial charge in [0.15, 0.2) is 0 Å². The molecule has 1 aliphatic rings. The van der Waals surface area contributed by atoms with Crippen molar-refractivity contribution in [2.75, 3.05) is 19.7 Å². The van der Waals surface area contributed by atoms with E-state index in [0.29, 0.717) is 25.9 Å². The summed E-state index contributed by atoms with van der Waals surface area (Å²) in [6.07, 6.45) is -0.504. The lowest BCUT2D eigenvalue weighted by Crippen LogP contribution is -2.32. The Labute approximate surface area is 136 Å². The maximum Gasteiger partial charge on any atom is 0.410 e. The minimum Gasteiger partial charge on any atom is -0.466 e. The van der Waals surface area contributed by atoms with Crippen LogP contribution in [0.3, 0.4) is 0 Å². The molecular formula is C17H23NO5. The van der Waals surface area contributed by atoms with Gasteiger partial charge in [-0.3, -0.25) is 4.79 Å². The molecule has 0 radical (unpaired) electrons. The Morgan fingerprint density at radius 1 is 1.17 bits per heavy atom. The van der Waals surface area contributed by atoms with Crippen LogP contribution in [0.1, 0.15) is 25.3 Å². The third-order valence-electron chi connectivity index (χ3n) is 3.92. The minimum absolute atomic E-state index is 0.208. The minimum atomic E-state index is -0.791. The van der Waals surface area contributed by atoms with Gasteiger partial charge in [-0.05, 0) is 25.3 Å². The lowest BCUT2D eigenvalue weighted by Gasteiger charge is -2.19. The Morgan fingerprint density at radius 3 is 2.57 bits per heavy atom. The molecule has 6 nitrogen and oxygen atoms in total. The number of carbonyl (C=O) groups is 2. The van der Waals surface area contributed by atoms with Crippen molar-refractivity contribution in [3.05, 3.63) is 35.9 Å². The van der Waals surface area contributed by atoms with E-state index in [0.717, 1.165) is 5.56 Å². The van der Waals surface area contributed by atoms with E-state index >= 15 is 0 Å². The van der Waals surface area contributed by atoms with Crippen LogP contribution < -0.4 is 0 Å². The van der Waals surface area contributed by atoms with Crippen molar-refractivity contribution in [1.29, 1.82) is 0 Å². The lowest BCUT2D eigenvalue weighted by molar-refractivity contribution is -0.152. The van der Waals surface area contributed by atoms with Crippen LogP contribution in [0.2, 0.25) is 0 Å². The molecule has 1 heterocycles. The van der Waals surface area contributed by atoms with Crippen LogP contribution in [0.15, 0.2) is 30.3 Å². The third kappa shape index (κ3) is 4.96. The normalized spacial score (nSPS) is 21.4. The van der Waals surface area contributed by atoms with Crippen molar-refractivity contribution in [2.24, 2.45) is 5.92 Å². The van der Waals surface area contributed by atoms with E-state index < -0.39 is 24.1 Å². The number of carbonyl (C=O) groups excluding carboxylic acids is 2. The second-order valence-electron chi connectivity index (χ2n) is 5.53.